The largest absolute Gasteiger partial charge is 0.478 e. The lowest BCUT2D eigenvalue weighted by atomic mass is 10.1. The molecule has 1 atom stereocenters. The molecule has 0 saturated heterocycles. The van der Waals surface area contributed by atoms with Crippen molar-refractivity contribution >= 4 is 0 Å². The second-order valence-corrected chi connectivity index (χ2v) is 8.93. The highest BCUT2D eigenvalue weighted by molar-refractivity contribution is 5.39. The van der Waals surface area contributed by atoms with Crippen LogP contribution in [0.4, 0.5) is 0 Å². The highest BCUT2D eigenvalue weighted by Gasteiger charge is 2.20. The topological polar surface area (TPSA) is 104 Å². The van der Waals surface area contributed by atoms with E-state index in [2.05, 4.69) is 27.5 Å². The van der Waals surface area contributed by atoms with Crippen molar-refractivity contribution < 1.29 is 4.74 Å². The quantitative estimate of drug-likeness (QED) is 0.308. The lowest BCUT2D eigenvalue weighted by molar-refractivity contribution is 0.237. The molecule has 0 aliphatic heterocycles. The monoisotopic (exact) mass is 495 g/mol. The van der Waals surface area contributed by atoms with Crippen LogP contribution in [0.3, 0.4) is 0 Å². The number of hydrogen-bond donors (Lipinski definition) is 1. The number of hydrogen-bond acceptors (Lipinski definition) is 6. The average molecular weight is 496 g/mol. The zero-order chi connectivity index (χ0) is 25.6. The van der Waals surface area contributed by atoms with Crippen molar-refractivity contribution in [3.63, 3.8) is 0 Å². The Bertz CT molecular complexity index is 1490. The number of tetrazole rings is 1. The summed E-state index contributed by atoms with van der Waals surface area (Å²) in [6, 6.07) is 25.3. The fraction of sp³-hybridized carbons (Fsp3) is 0.250. The van der Waals surface area contributed by atoms with Crippen LogP contribution >= 0.6 is 0 Å². The van der Waals surface area contributed by atoms with E-state index in [0.29, 0.717) is 18.1 Å². The molecule has 9 nitrogen and oxygen atoms in total. The highest BCUT2D eigenvalue weighted by Crippen LogP contribution is 2.26. The maximum absolute atomic E-state index is 13.4. The first kappa shape index (κ1) is 24.2. The van der Waals surface area contributed by atoms with Gasteiger partial charge in [0.2, 0.25) is 0 Å². The number of nitrogens with one attached hydrogen (secondary N) is 1. The van der Waals surface area contributed by atoms with E-state index in [9.17, 15) is 4.79 Å². The SMILES string of the molecule is CCCCc1nn(-c2ccccc2C)c(=O)n1Cc1ccc(OC(c2ccccc2)c2nnn[nH]2)cc1. The minimum Gasteiger partial charge on any atom is -0.478 e. The van der Waals surface area contributed by atoms with Gasteiger partial charge in [-0.3, -0.25) is 4.57 Å². The number of unbranched alkanes of at least 4 members (excludes halogenated alkanes) is 1. The van der Waals surface area contributed by atoms with Crippen LogP contribution in [-0.4, -0.2) is 35.0 Å². The van der Waals surface area contributed by atoms with E-state index in [1.54, 1.807) is 4.57 Å². The molecule has 1 N–H and O–H groups in total. The number of H-pyrrole nitrogens is 1. The standard InChI is InChI=1S/C28H29N7O2/c1-3-4-14-25-31-35(24-13-9-8-10-20(24)2)28(36)34(25)19-21-15-17-23(18-16-21)37-26(27-29-32-33-30-27)22-11-6-5-7-12-22/h5-13,15-18,26H,3-4,14,19H2,1-2H3,(H,29,30,32,33). The van der Waals surface area contributed by atoms with Crippen molar-refractivity contribution in [3.8, 4) is 11.4 Å². The van der Waals surface area contributed by atoms with E-state index in [1.165, 1.54) is 4.68 Å². The lowest BCUT2D eigenvalue weighted by Crippen LogP contribution is -2.25. The average Bonchev–Trinajstić information content (AvgIpc) is 3.57. The van der Waals surface area contributed by atoms with Gasteiger partial charge in [-0.1, -0.05) is 74.0 Å². The molecular weight excluding hydrogens is 466 g/mol. The Kier molecular flexibility index (Phi) is 7.21. The van der Waals surface area contributed by atoms with Crippen LogP contribution in [0.1, 0.15) is 54.2 Å². The molecule has 2 aromatic heterocycles. The van der Waals surface area contributed by atoms with Crippen LogP contribution in [0.5, 0.6) is 5.75 Å². The van der Waals surface area contributed by atoms with Crippen LogP contribution in [0.2, 0.25) is 0 Å². The normalized spacial score (nSPS) is 11.9. The molecule has 0 aliphatic carbocycles. The highest BCUT2D eigenvalue weighted by atomic mass is 16.5. The molecule has 0 amide bonds. The molecule has 0 bridgehead atoms. The van der Waals surface area contributed by atoms with Crippen molar-refractivity contribution in [1.29, 1.82) is 0 Å². The second-order valence-electron chi connectivity index (χ2n) is 8.93. The molecule has 1 unspecified atom stereocenters. The minimum absolute atomic E-state index is 0.136. The second kappa shape index (κ2) is 11.0. The summed E-state index contributed by atoms with van der Waals surface area (Å²) in [7, 11) is 0. The van der Waals surface area contributed by atoms with Gasteiger partial charge in [-0.25, -0.2) is 9.89 Å². The van der Waals surface area contributed by atoms with E-state index >= 15 is 0 Å². The molecule has 3 aromatic carbocycles. The summed E-state index contributed by atoms with van der Waals surface area (Å²) in [6.07, 6.45) is 2.27. The fourth-order valence-corrected chi connectivity index (χ4v) is 4.25. The summed E-state index contributed by atoms with van der Waals surface area (Å²) in [4.78, 5) is 13.4. The molecule has 0 radical (unpaired) electrons. The van der Waals surface area contributed by atoms with Crippen LogP contribution in [-0.2, 0) is 13.0 Å². The zero-order valence-electron chi connectivity index (χ0n) is 20.9. The Morgan fingerprint density at radius 3 is 2.43 bits per heavy atom. The summed E-state index contributed by atoms with van der Waals surface area (Å²) in [5.74, 6) is 1.98. The van der Waals surface area contributed by atoms with E-state index in [0.717, 1.165) is 47.5 Å². The van der Waals surface area contributed by atoms with Gasteiger partial charge in [0.05, 0.1) is 12.2 Å². The Morgan fingerprint density at radius 1 is 0.973 bits per heavy atom. The molecule has 0 aliphatic rings. The number of benzene rings is 3. The van der Waals surface area contributed by atoms with E-state index < -0.39 is 6.10 Å². The molecule has 0 spiro atoms. The van der Waals surface area contributed by atoms with E-state index in [4.69, 9.17) is 9.84 Å². The number of aromatic amines is 1. The molecule has 188 valence electrons. The van der Waals surface area contributed by atoms with Crippen LogP contribution in [0.25, 0.3) is 5.69 Å². The number of para-hydroxylation sites is 1. The zero-order valence-corrected chi connectivity index (χ0v) is 20.9. The third-order valence-corrected chi connectivity index (χ3v) is 6.27. The predicted molar refractivity (Wildman–Crippen MR) is 140 cm³/mol. The first-order chi connectivity index (χ1) is 18.1. The Hall–Kier alpha value is -4.53. The molecule has 0 fully saturated rings. The lowest BCUT2D eigenvalue weighted by Gasteiger charge is -2.17. The number of nitrogens with zero attached hydrogens (tertiary/aromatic N) is 6. The van der Waals surface area contributed by atoms with Gasteiger partial charge in [0, 0.05) is 12.0 Å². The van der Waals surface area contributed by atoms with Gasteiger partial charge in [0.15, 0.2) is 11.9 Å². The van der Waals surface area contributed by atoms with Crippen molar-refractivity contribution in [1.82, 2.24) is 35.0 Å². The number of ether oxygens (including phenoxy) is 1. The van der Waals surface area contributed by atoms with Gasteiger partial charge in [-0.2, -0.15) is 4.68 Å². The van der Waals surface area contributed by atoms with Crippen molar-refractivity contribution in [2.45, 2.75) is 45.8 Å². The first-order valence-electron chi connectivity index (χ1n) is 12.4. The first-order valence-corrected chi connectivity index (χ1v) is 12.4. The van der Waals surface area contributed by atoms with Gasteiger partial charge < -0.3 is 4.74 Å². The van der Waals surface area contributed by atoms with Crippen molar-refractivity contribution in [2.75, 3.05) is 0 Å². The molecule has 5 aromatic rings. The number of rotatable bonds is 10. The molecule has 0 saturated carbocycles. The number of aryl methyl sites for hydroxylation is 2. The molecule has 5 rings (SSSR count). The summed E-state index contributed by atoms with van der Waals surface area (Å²) in [6.45, 7) is 4.55. The van der Waals surface area contributed by atoms with Crippen LogP contribution in [0, 0.1) is 6.92 Å². The Morgan fingerprint density at radius 2 is 1.73 bits per heavy atom. The maximum Gasteiger partial charge on any atom is 0.351 e. The minimum atomic E-state index is -0.474. The van der Waals surface area contributed by atoms with Gasteiger partial charge in [-0.15, -0.1) is 10.2 Å². The molecule has 37 heavy (non-hydrogen) atoms. The molecule has 9 heteroatoms. The Labute approximate surface area is 214 Å². The Balaban J connectivity index is 1.40. The van der Waals surface area contributed by atoms with E-state index in [-0.39, 0.29) is 5.69 Å². The summed E-state index contributed by atoms with van der Waals surface area (Å²) >= 11 is 0. The van der Waals surface area contributed by atoms with Crippen molar-refractivity contribution in [2.24, 2.45) is 0 Å². The molecule has 2 heterocycles. The van der Waals surface area contributed by atoms with E-state index in [1.807, 2.05) is 85.8 Å². The third kappa shape index (κ3) is 5.35. The number of aromatic nitrogens is 7. The molecular formula is C28H29N7O2. The maximum atomic E-state index is 13.4. The van der Waals surface area contributed by atoms with Crippen LogP contribution < -0.4 is 10.4 Å². The van der Waals surface area contributed by atoms with Crippen molar-refractivity contribution in [3.05, 3.63) is 118 Å². The van der Waals surface area contributed by atoms with Gasteiger partial charge in [-0.05, 0) is 53.1 Å². The predicted octanol–water partition coefficient (Wildman–Crippen LogP) is 4.41. The smallest absolute Gasteiger partial charge is 0.351 e. The summed E-state index contributed by atoms with van der Waals surface area (Å²) in [5.41, 5.74) is 3.59. The summed E-state index contributed by atoms with van der Waals surface area (Å²) < 4.78 is 9.56. The van der Waals surface area contributed by atoms with Gasteiger partial charge in [0.25, 0.3) is 0 Å². The summed E-state index contributed by atoms with van der Waals surface area (Å²) in [5, 5.41) is 19.0. The fourth-order valence-electron chi connectivity index (χ4n) is 4.25. The van der Waals surface area contributed by atoms with Gasteiger partial charge in [0.1, 0.15) is 11.6 Å². The van der Waals surface area contributed by atoms with Crippen LogP contribution in [0.15, 0.2) is 83.7 Å². The third-order valence-electron chi connectivity index (χ3n) is 6.27. The van der Waals surface area contributed by atoms with Gasteiger partial charge >= 0.3 is 5.69 Å².